The lowest BCUT2D eigenvalue weighted by Gasteiger charge is -2.34. The van der Waals surface area contributed by atoms with Gasteiger partial charge in [-0.05, 0) is 18.2 Å². The maximum Gasteiger partial charge on any atom is 0.254 e. The minimum atomic E-state index is -1.03. The van der Waals surface area contributed by atoms with Gasteiger partial charge in [-0.1, -0.05) is 0 Å². The van der Waals surface area contributed by atoms with Crippen molar-refractivity contribution in [1.29, 1.82) is 0 Å². The summed E-state index contributed by atoms with van der Waals surface area (Å²) in [6.07, 6.45) is 1.62. The van der Waals surface area contributed by atoms with Crippen LogP contribution < -0.4 is 10.6 Å². The highest BCUT2D eigenvalue weighted by molar-refractivity contribution is 5.94. The number of benzene rings is 1. The van der Waals surface area contributed by atoms with Crippen LogP contribution in [0.5, 0.6) is 0 Å². The highest BCUT2D eigenvalue weighted by Crippen LogP contribution is 2.22. The van der Waals surface area contributed by atoms with Crippen molar-refractivity contribution in [3.05, 3.63) is 41.6 Å². The fraction of sp³-hybridized carbons (Fsp3) is 0.294. The van der Waals surface area contributed by atoms with E-state index in [0.29, 0.717) is 49.0 Å². The number of hydrogen-bond donors (Lipinski definition) is 1. The summed E-state index contributed by atoms with van der Waals surface area (Å²) in [5, 5.41) is 4.82. The Kier molecular flexibility index (Phi) is 4.09. The Hall–Kier alpha value is -3.30. The van der Waals surface area contributed by atoms with E-state index in [4.69, 9.17) is 5.73 Å². The smallest absolute Gasteiger partial charge is 0.254 e. The quantitative estimate of drug-likeness (QED) is 0.725. The second kappa shape index (κ2) is 6.45. The molecule has 0 unspecified atom stereocenters. The molecule has 4 rings (SSSR count). The van der Waals surface area contributed by atoms with Gasteiger partial charge >= 0.3 is 0 Å². The van der Waals surface area contributed by atoms with Crippen LogP contribution in [-0.4, -0.2) is 56.7 Å². The number of aromatic nitrogens is 4. The van der Waals surface area contributed by atoms with E-state index in [-0.39, 0.29) is 11.5 Å². The van der Waals surface area contributed by atoms with Crippen molar-refractivity contribution in [3.63, 3.8) is 0 Å². The summed E-state index contributed by atoms with van der Waals surface area (Å²) in [7, 11) is 1.77. The third-order valence-corrected chi connectivity index (χ3v) is 4.63. The normalized spacial score (nSPS) is 14.8. The summed E-state index contributed by atoms with van der Waals surface area (Å²) in [6.45, 7) is 1.81. The van der Waals surface area contributed by atoms with E-state index in [1.165, 1.54) is 6.07 Å². The number of amides is 1. The molecule has 0 atom stereocenters. The number of halogens is 2. The van der Waals surface area contributed by atoms with Crippen LogP contribution in [0.1, 0.15) is 10.4 Å². The van der Waals surface area contributed by atoms with Gasteiger partial charge in [0.2, 0.25) is 5.95 Å². The fourth-order valence-corrected chi connectivity index (χ4v) is 3.09. The minimum Gasteiger partial charge on any atom is -0.383 e. The Bertz CT molecular complexity index is 1030. The number of nitrogens with zero attached hydrogens (tertiary/aromatic N) is 6. The third-order valence-electron chi connectivity index (χ3n) is 4.63. The first-order chi connectivity index (χ1) is 12.9. The largest absolute Gasteiger partial charge is 0.383 e. The predicted octanol–water partition coefficient (Wildman–Crippen LogP) is 1.19. The highest BCUT2D eigenvalue weighted by atomic mass is 19.2. The van der Waals surface area contributed by atoms with E-state index in [2.05, 4.69) is 15.1 Å². The number of hydrogen-bond acceptors (Lipinski definition) is 6. The zero-order valence-electron chi connectivity index (χ0n) is 14.6. The van der Waals surface area contributed by atoms with Gasteiger partial charge in [-0.15, -0.1) is 0 Å². The zero-order chi connectivity index (χ0) is 19.1. The van der Waals surface area contributed by atoms with Crippen LogP contribution in [0.4, 0.5) is 20.5 Å². The van der Waals surface area contributed by atoms with Crippen molar-refractivity contribution >= 4 is 28.7 Å². The lowest BCUT2D eigenvalue weighted by atomic mass is 10.1. The first-order valence-electron chi connectivity index (χ1n) is 8.38. The van der Waals surface area contributed by atoms with Gasteiger partial charge in [0.05, 0.1) is 11.6 Å². The number of rotatable bonds is 2. The summed E-state index contributed by atoms with van der Waals surface area (Å²) in [4.78, 5) is 24.9. The number of anilines is 2. The molecule has 3 aromatic rings. The molecule has 27 heavy (non-hydrogen) atoms. The molecule has 8 nitrogen and oxygen atoms in total. The summed E-state index contributed by atoms with van der Waals surface area (Å²) in [5.74, 6) is -1.52. The molecule has 2 N–H and O–H groups in total. The summed E-state index contributed by atoms with van der Waals surface area (Å²) in [5.41, 5.74) is 6.75. The molecule has 0 spiro atoms. The van der Waals surface area contributed by atoms with Crippen molar-refractivity contribution in [2.75, 3.05) is 36.8 Å². The molecular formula is C17H17F2N7O. The first kappa shape index (κ1) is 17.1. The van der Waals surface area contributed by atoms with Crippen LogP contribution >= 0.6 is 0 Å². The van der Waals surface area contributed by atoms with Gasteiger partial charge < -0.3 is 15.5 Å². The third kappa shape index (κ3) is 3.03. The van der Waals surface area contributed by atoms with E-state index >= 15 is 0 Å². The Morgan fingerprint density at radius 3 is 2.56 bits per heavy atom. The van der Waals surface area contributed by atoms with Gasteiger partial charge in [0, 0.05) is 38.8 Å². The van der Waals surface area contributed by atoms with Crippen LogP contribution in [0.25, 0.3) is 11.0 Å². The zero-order valence-corrected chi connectivity index (χ0v) is 14.6. The van der Waals surface area contributed by atoms with Crippen LogP contribution in [-0.2, 0) is 7.05 Å². The molecule has 0 bridgehead atoms. The number of fused-ring (bicyclic) bond motifs is 1. The Morgan fingerprint density at radius 1 is 1.11 bits per heavy atom. The van der Waals surface area contributed by atoms with Gasteiger partial charge in [-0.25, -0.2) is 8.78 Å². The van der Waals surface area contributed by atoms with Crippen molar-refractivity contribution < 1.29 is 13.6 Å². The Labute approximate surface area is 153 Å². The first-order valence-corrected chi connectivity index (χ1v) is 8.38. The summed E-state index contributed by atoms with van der Waals surface area (Å²) >= 11 is 0. The van der Waals surface area contributed by atoms with Crippen LogP contribution in [0.2, 0.25) is 0 Å². The van der Waals surface area contributed by atoms with Gasteiger partial charge in [-0.3, -0.25) is 9.48 Å². The van der Waals surface area contributed by atoms with Crippen molar-refractivity contribution in [2.45, 2.75) is 0 Å². The summed E-state index contributed by atoms with van der Waals surface area (Å²) < 4.78 is 28.1. The van der Waals surface area contributed by atoms with Gasteiger partial charge in [-0.2, -0.15) is 15.1 Å². The van der Waals surface area contributed by atoms with Crippen LogP contribution in [0, 0.1) is 11.6 Å². The van der Waals surface area contributed by atoms with Crippen LogP contribution in [0.3, 0.4) is 0 Å². The van der Waals surface area contributed by atoms with E-state index < -0.39 is 11.6 Å². The lowest BCUT2D eigenvalue weighted by Crippen LogP contribution is -2.49. The SMILES string of the molecule is Cn1ncc2c(N)nc(N3CCN(C(=O)c4ccc(F)c(F)c4)CC3)nc21. The molecule has 1 amide bonds. The minimum absolute atomic E-state index is 0.124. The lowest BCUT2D eigenvalue weighted by molar-refractivity contribution is 0.0745. The number of aryl methyl sites for hydroxylation is 1. The second-order valence-electron chi connectivity index (χ2n) is 6.32. The maximum atomic E-state index is 13.4. The molecule has 3 heterocycles. The van der Waals surface area contributed by atoms with E-state index in [0.717, 1.165) is 12.1 Å². The topological polar surface area (TPSA) is 93.2 Å². The molecule has 1 fully saturated rings. The van der Waals surface area contributed by atoms with E-state index in [9.17, 15) is 13.6 Å². The fourth-order valence-electron chi connectivity index (χ4n) is 3.09. The molecule has 1 aliphatic rings. The molecular weight excluding hydrogens is 356 g/mol. The Balaban J connectivity index is 1.49. The average molecular weight is 373 g/mol. The molecule has 0 saturated carbocycles. The standard InChI is InChI=1S/C17H17F2N7O/c1-24-15-11(9-21-24)14(20)22-17(23-15)26-6-4-25(5-7-26)16(27)10-2-3-12(18)13(19)8-10/h2-3,8-9H,4-7H2,1H3,(H2,20,22,23). The predicted molar refractivity (Wildman–Crippen MR) is 95.2 cm³/mol. The maximum absolute atomic E-state index is 13.4. The number of nitrogens with two attached hydrogens (primary N) is 1. The summed E-state index contributed by atoms with van der Waals surface area (Å²) in [6, 6.07) is 3.16. The number of carbonyl (C=O) groups excluding carboxylic acids is 1. The van der Waals surface area contributed by atoms with Crippen molar-refractivity contribution in [1.82, 2.24) is 24.6 Å². The van der Waals surface area contributed by atoms with Crippen molar-refractivity contribution in [2.24, 2.45) is 7.05 Å². The Morgan fingerprint density at radius 2 is 1.85 bits per heavy atom. The van der Waals surface area contributed by atoms with E-state index in [1.54, 1.807) is 22.8 Å². The monoisotopic (exact) mass is 373 g/mol. The van der Waals surface area contributed by atoms with Gasteiger partial charge in [0.15, 0.2) is 17.3 Å². The molecule has 0 aliphatic carbocycles. The molecule has 140 valence electrons. The van der Waals surface area contributed by atoms with Crippen LogP contribution in [0.15, 0.2) is 24.4 Å². The number of piperazine rings is 1. The van der Waals surface area contributed by atoms with Crippen molar-refractivity contribution in [3.8, 4) is 0 Å². The molecule has 1 saturated heterocycles. The highest BCUT2D eigenvalue weighted by Gasteiger charge is 2.25. The van der Waals surface area contributed by atoms with Gasteiger partial charge in [0.25, 0.3) is 5.91 Å². The number of carbonyl (C=O) groups is 1. The second-order valence-corrected chi connectivity index (χ2v) is 6.32. The average Bonchev–Trinajstić information content (AvgIpc) is 3.05. The molecule has 10 heteroatoms. The molecule has 1 aromatic carbocycles. The van der Waals surface area contributed by atoms with E-state index in [1.807, 2.05) is 4.90 Å². The van der Waals surface area contributed by atoms with Gasteiger partial charge in [0.1, 0.15) is 5.82 Å². The number of nitrogen functional groups attached to an aromatic ring is 1. The molecule has 2 aromatic heterocycles. The molecule has 0 radical (unpaired) electrons. The molecule has 1 aliphatic heterocycles.